The molecular formula is C16H26N2O. The molecule has 0 radical (unpaired) electrons. The highest BCUT2D eigenvalue weighted by atomic mass is 16.2. The van der Waals surface area contributed by atoms with E-state index in [-0.39, 0.29) is 5.92 Å². The van der Waals surface area contributed by atoms with E-state index in [0.717, 1.165) is 31.2 Å². The van der Waals surface area contributed by atoms with Crippen LogP contribution >= 0.6 is 0 Å². The summed E-state index contributed by atoms with van der Waals surface area (Å²) in [6, 6.07) is 2.14. The summed E-state index contributed by atoms with van der Waals surface area (Å²) in [5, 5.41) is 8.67. The van der Waals surface area contributed by atoms with E-state index in [1.54, 1.807) is 0 Å². The van der Waals surface area contributed by atoms with Gasteiger partial charge in [-0.2, -0.15) is 5.26 Å². The molecule has 2 aliphatic rings. The van der Waals surface area contributed by atoms with E-state index in [1.165, 1.54) is 32.1 Å². The van der Waals surface area contributed by atoms with Crippen LogP contribution in [-0.2, 0) is 4.79 Å². The van der Waals surface area contributed by atoms with Crippen molar-refractivity contribution in [3.63, 3.8) is 0 Å². The Morgan fingerprint density at radius 1 is 1.21 bits per heavy atom. The number of rotatable bonds is 4. The number of fused-ring (bicyclic) bond motifs is 1. The van der Waals surface area contributed by atoms with Gasteiger partial charge in [0.1, 0.15) is 0 Å². The highest BCUT2D eigenvalue weighted by molar-refractivity contribution is 5.79. The van der Waals surface area contributed by atoms with Crippen LogP contribution < -0.4 is 0 Å². The second kappa shape index (κ2) is 6.93. The molecule has 2 rings (SSSR count). The third-order valence-electron chi connectivity index (χ3n) is 5.08. The number of amides is 1. The van der Waals surface area contributed by atoms with Crippen molar-refractivity contribution in [1.29, 1.82) is 5.26 Å². The van der Waals surface area contributed by atoms with Crippen molar-refractivity contribution in [3.8, 4) is 6.07 Å². The fourth-order valence-electron chi connectivity index (χ4n) is 3.96. The average Bonchev–Trinajstić information content (AvgIpc) is 2.47. The Morgan fingerprint density at radius 2 is 1.95 bits per heavy atom. The van der Waals surface area contributed by atoms with E-state index < -0.39 is 0 Å². The first-order valence-corrected chi connectivity index (χ1v) is 7.92. The van der Waals surface area contributed by atoms with Gasteiger partial charge < -0.3 is 4.90 Å². The molecule has 3 nitrogen and oxygen atoms in total. The standard InChI is InChI=1S/C16H26N2O/c1-2-18(11-5-10-17)16(19)15-9-8-13-6-3-4-7-14(13)12-15/h13-15H,2-9,11-12H2,1H3. The number of hydrogen-bond acceptors (Lipinski definition) is 2. The Bertz CT molecular complexity index is 347. The van der Waals surface area contributed by atoms with E-state index in [2.05, 4.69) is 6.07 Å². The lowest BCUT2D eigenvalue weighted by molar-refractivity contribution is -0.137. The zero-order valence-corrected chi connectivity index (χ0v) is 12.1. The molecule has 0 aromatic rings. The molecule has 0 aromatic carbocycles. The number of carbonyl (C=O) groups is 1. The van der Waals surface area contributed by atoms with Crippen molar-refractivity contribution < 1.29 is 4.79 Å². The van der Waals surface area contributed by atoms with Crippen molar-refractivity contribution >= 4 is 5.91 Å². The average molecular weight is 262 g/mol. The summed E-state index contributed by atoms with van der Waals surface area (Å²) < 4.78 is 0. The SMILES string of the molecule is CCN(CCC#N)C(=O)C1CCC2CCCCC2C1. The Morgan fingerprint density at radius 3 is 2.63 bits per heavy atom. The number of hydrogen-bond donors (Lipinski definition) is 0. The monoisotopic (exact) mass is 262 g/mol. The Labute approximate surface area is 117 Å². The van der Waals surface area contributed by atoms with Crippen LogP contribution in [0.4, 0.5) is 0 Å². The summed E-state index contributed by atoms with van der Waals surface area (Å²) >= 11 is 0. The number of nitriles is 1. The van der Waals surface area contributed by atoms with Crippen LogP contribution in [0.15, 0.2) is 0 Å². The first-order valence-electron chi connectivity index (χ1n) is 7.92. The fraction of sp³-hybridized carbons (Fsp3) is 0.875. The molecule has 1 amide bonds. The van der Waals surface area contributed by atoms with Gasteiger partial charge in [-0.3, -0.25) is 4.79 Å². The van der Waals surface area contributed by atoms with Gasteiger partial charge in [0.2, 0.25) is 5.91 Å². The van der Waals surface area contributed by atoms with E-state index in [4.69, 9.17) is 5.26 Å². The van der Waals surface area contributed by atoms with Crippen LogP contribution in [0.1, 0.15) is 58.3 Å². The van der Waals surface area contributed by atoms with Gasteiger partial charge in [-0.05, 0) is 38.0 Å². The van der Waals surface area contributed by atoms with Crippen LogP contribution in [0.25, 0.3) is 0 Å². The molecule has 0 bridgehead atoms. The molecule has 3 unspecified atom stereocenters. The zero-order chi connectivity index (χ0) is 13.7. The van der Waals surface area contributed by atoms with Crippen LogP contribution in [0.2, 0.25) is 0 Å². The lowest BCUT2D eigenvalue weighted by Gasteiger charge is -2.40. The number of carbonyl (C=O) groups excluding carboxylic acids is 1. The minimum Gasteiger partial charge on any atom is -0.342 e. The summed E-state index contributed by atoms with van der Waals surface area (Å²) in [6.45, 7) is 3.36. The lowest BCUT2D eigenvalue weighted by atomic mass is 9.67. The van der Waals surface area contributed by atoms with Crippen molar-refractivity contribution in [3.05, 3.63) is 0 Å². The predicted molar refractivity (Wildman–Crippen MR) is 75.3 cm³/mol. The Kier molecular flexibility index (Phi) is 5.24. The fourth-order valence-corrected chi connectivity index (χ4v) is 3.96. The summed E-state index contributed by atoms with van der Waals surface area (Å²) in [7, 11) is 0. The van der Waals surface area contributed by atoms with Crippen LogP contribution in [0.3, 0.4) is 0 Å². The molecular weight excluding hydrogens is 236 g/mol. The smallest absolute Gasteiger partial charge is 0.225 e. The van der Waals surface area contributed by atoms with Gasteiger partial charge in [0.25, 0.3) is 0 Å². The van der Waals surface area contributed by atoms with Crippen LogP contribution in [0.5, 0.6) is 0 Å². The normalized spacial score (nSPS) is 30.2. The second-order valence-corrected chi connectivity index (χ2v) is 6.14. The zero-order valence-electron chi connectivity index (χ0n) is 12.1. The Hall–Kier alpha value is -1.04. The predicted octanol–water partition coefficient (Wildman–Crippen LogP) is 3.36. The van der Waals surface area contributed by atoms with Gasteiger partial charge in [0.05, 0.1) is 12.5 Å². The highest BCUT2D eigenvalue weighted by Crippen LogP contribution is 2.43. The topological polar surface area (TPSA) is 44.1 Å². The first-order chi connectivity index (χ1) is 9.26. The van der Waals surface area contributed by atoms with Crippen molar-refractivity contribution in [1.82, 2.24) is 4.90 Å². The second-order valence-electron chi connectivity index (χ2n) is 6.14. The molecule has 0 N–H and O–H groups in total. The van der Waals surface area contributed by atoms with Crippen molar-refractivity contribution in [2.45, 2.75) is 58.3 Å². The van der Waals surface area contributed by atoms with Crippen LogP contribution in [-0.4, -0.2) is 23.9 Å². The molecule has 0 heterocycles. The van der Waals surface area contributed by atoms with Gasteiger partial charge in [-0.1, -0.05) is 25.7 Å². The third kappa shape index (κ3) is 3.49. The molecule has 0 aromatic heterocycles. The van der Waals surface area contributed by atoms with Gasteiger partial charge in [-0.25, -0.2) is 0 Å². The van der Waals surface area contributed by atoms with Gasteiger partial charge in [0.15, 0.2) is 0 Å². The van der Waals surface area contributed by atoms with E-state index in [9.17, 15) is 4.79 Å². The molecule has 19 heavy (non-hydrogen) atoms. The molecule has 0 saturated heterocycles. The van der Waals surface area contributed by atoms with Gasteiger partial charge >= 0.3 is 0 Å². The van der Waals surface area contributed by atoms with E-state index in [1.807, 2.05) is 11.8 Å². The molecule has 0 aliphatic heterocycles. The third-order valence-corrected chi connectivity index (χ3v) is 5.08. The largest absolute Gasteiger partial charge is 0.342 e. The Balaban J connectivity index is 1.90. The van der Waals surface area contributed by atoms with Gasteiger partial charge in [-0.15, -0.1) is 0 Å². The summed E-state index contributed by atoms with van der Waals surface area (Å²) in [5.41, 5.74) is 0. The highest BCUT2D eigenvalue weighted by Gasteiger charge is 2.36. The van der Waals surface area contributed by atoms with Crippen molar-refractivity contribution in [2.75, 3.05) is 13.1 Å². The summed E-state index contributed by atoms with van der Waals surface area (Å²) in [4.78, 5) is 14.4. The maximum Gasteiger partial charge on any atom is 0.225 e. The summed E-state index contributed by atoms with van der Waals surface area (Å²) in [5.74, 6) is 2.23. The van der Waals surface area contributed by atoms with Gasteiger partial charge in [0, 0.05) is 19.0 Å². The van der Waals surface area contributed by atoms with Crippen LogP contribution in [0, 0.1) is 29.1 Å². The molecule has 0 spiro atoms. The van der Waals surface area contributed by atoms with Crippen molar-refractivity contribution in [2.24, 2.45) is 17.8 Å². The first kappa shape index (κ1) is 14.4. The molecule has 2 fully saturated rings. The molecule has 2 aliphatic carbocycles. The molecule has 2 saturated carbocycles. The maximum absolute atomic E-state index is 12.5. The number of nitrogens with zero attached hydrogens (tertiary/aromatic N) is 2. The van der Waals surface area contributed by atoms with E-state index >= 15 is 0 Å². The lowest BCUT2D eigenvalue weighted by Crippen LogP contribution is -2.40. The maximum atomic E-state index is 12.5. The quantitative estimate of drug-likeness (QED) is 0.779. The molecule has 106 valence electrons. The minimum absolute atomic E-state index is 0.234. The molecule has 3 heteroatoms. The molecule has 3 atom stereocenters. The van der Waals surface area contributed by atoms with E-state index in [0.29, 0.717) is 18.9 Å². The summed E-state index contributed by atoms with van der Waals surface area (Å²) in [6.07, 6.45) is 9.35. The minimum atomic E-state index is 0.234.